The Labute approximate surface area is 195 Å². The lowest BCUT2D eigenvalue weighted by Crippen LogP contribution is -2.43. The van der Waals surface area contributed by atoms with Gasteiger partial charge in [0, 0.05) is 30.9 Å². The number of halogens is 3. The summed E-state index contributed by atoms with van der Waals surface area (Å²) in [7, 11) is 0. The van der Waals surface area contributed by atoms with Gasteiger partial charge in [-0.2, -0.15) is 13.2 Å². The zero-order valence-electron chi connectivity index (χ0n) is 18.5. The lowest BCUT2D eigenvalue weighted by molar-refractivity contribution is -0.132. The molecule has 1 heterocycles. The maximum absolute atomic E-state index is 12.7. The summed E-state index contributed by atoms with van der Waals surface area (Å²) in [5.41, 5.74) is 2.93. The summed E-state index contributed by atoms with van der Waals surface area (Å²) in [6, 6.07) is 12.0. The number of rotatable bonds is 7. The van der Waals surface area contributed by atoms with E-state index in [1.165, 1.54) is 0 Å². The number of anilines is 2. The van der Waals surface area contributed by atoms with Gasteiger partial charge in [-0.1, -0.05) is 12.1 Å². The Hall–Kier alpha value is -3.56. The van der Waals surface area contributed by atoms with E-state index >= 15 is 0 Å². The third kappa shape index (κ3) is 6.27. The van der Waals surface area contributed by atoms with Crippen molar-refractivity contribution in [2.45, 2.75) is 37.8 Å². The van der Waals surface area contributed by atoms with Gasteiger partial charge in [-0.15, -0.1) is 0 Å². The number of carbonyl (C=O) groups excluding carboxylic acids is 2. The van der Waals surface area contributed by atoms with Gasteiger partial charge in [0.15, 0.2) is 5.96 Å². The smallest absolute Gasteiger partial charge is 0.356 e. The molecule has 2 aromatic carbocycles. The number of nitrogens with zero attached hydrogens (tertiary/aromatic N) is 1. The molecule has 4 rings (SSSR count). The fourth-order valence-electron chi connectivity index (χ4n) is 3.69. The van der Waals surface area contributed by atoms with Gasteiger partial charge in [-0.05, 0) is 61.1 Å². The van der Waals surface area contributed by atoms with Crippen molar-refractivity contribution in [2.75, 3.05) is 25.0 Å². The fourth-order valence-corrected chi connectivity index (χ4v) is 3.69. The lowest BCUT2D eigenvalue weighted by atomic mass is 10.0. The largest absolute Gasteiger partial charge is 0.390 e. The Morgan fingerprint density at radius 2 is 1.85 bits per heavy atom. The first-order valence-electron chi connectivity index (χ1n) is 11.2. The molecule has 0 atom stereocenters. The van der Waals surface area contributed by atoms with Crippen LogP contribution in [-0.4, -0.2) is 43.6 Å². The average Bonchev–Trinajstić information content (AvgIpc) is 3.65. The normalized spacial score (nSPS) is 15.7. The molecule has 1 saturated carbocycles. The monoisotopic (exact) mass is 473 g/mol. The van der Waals surface area contributed by atoms with Crippen molar-refractivity contribution >= 4 is 29.1 Å². The number of para-hydroxylation sites is 1. The highest BCUT2D eigenvalue weighted by Gasteiger charge is 2.28. The molecule has 2 amide bonds. The first-order valence-corrected chi connectivity index (χ1v) is 11.2. The van der Waals surface area contributed by atoms with Gasteiger partial charge >= 0.3 is 6.18 Å². The summed E-state index contributed by atoms with van der Waals surface area (Å²) in [6.45, 7) is 0.939. The minimum atomic E-state index is -4.34. The van der Waals surface area contributed by atoms with Crippen molar-refractivity contribution in [2.24, 2.45) is 4.99 Å². The van der Waals surface area contributed by atoms with E-state index in [1.807, 2.05) is 6.07 Å². The quantitative estimate of drug-likeness (QED) is 0.488. The second kappa shape index (κ2) is 10.1. The molecule has 7 nitrogen and oxygen atoms in total. The Bertz CT molecular complexity index is 1100. The summed E-state index contributed by atoms with van der Waals surface area (Å²) in [5.74, 6) is -0.0758. The number of aliphatic imine (C=N–C) groups is 1. The SMILES string of the molecule is O=C(NC1=NCCCN1)c1ccc(Nc2ccccc2C(=O)NCCC(F)(F)F)c(C2CC2)c1. The highest BCUT2D eigenvalue weighted by atomic mass is 19.4. The van der Waals surface area contributed by atoms with E-state index < -0.39 is 25.0 Å². The zero-order chi connectivity index (χ0) is 24.1. The lowest BCUT2D eigenvalue weighted by Gasteiger charge is -2.17. The molecule has 1 aliphatic carbocycles. The van der Waals surface area contributed by atoms with Crippen molar-refractivity contribution < 1.29 is 22.8 Å². The molecule has 0 unspecified atom stereocenters. The molecular formula is C24H26F3N5O2. The molecule has 1 fully saturated rings. The first kappa shape index (κ1) is 23.6. The molecule has 0 aromatic heterocycles. The summed E-state index contributed by atoms with van der Waals surface area (Å²) >= 11 is 0. The van der Waals surface area contributed by atoms with Crippen LogP contribution in [0.3, 0.4) is 0 Å². The second-order valence-corrected chi connectivity index (χ2v) is 8.33. The molecule has 180 valence electrons. The van der Waals surface area contributed by atoms with Gasteiger partial charge in [0.05, 0.1) is 17.7 Å². The van der Waals surface area contributed by atoms with Crippen molar-refractivity contribution in [3.8, 4) is 0 Å². The molecule has 0 radical (unpaired) electrons. The van der Waals surface area contributed by atoms with Crippen LogP contribution in [0.15, 0.2) is 47.5 Å². The minimum absolute atomic E-state index is 0.245. The molecule has 34 heavy (non-hydrogen) atoms. The Kier molecular flexibility index (Phi) is 7.04. The number of amides is 2. The van der Waals surface area contributed by atoms with E-state index in [2.05, 4.69) is 26.3 Å². The van der Waals surface area contributed by atoms with E-state index in [0.717, 1.165) is 37.1 Å². The van der Waals surface area contributed by atoms with Gasteiger partial charge in [-0.25, -0.2) is 0 Å². The number of hydrogen-bond donors (Lipinski definition) is 4. The first-order chi connectivity index (χ1) is 16.3. The third-order valence-corrected chi connectivity index (χ3v) is 5.60. The van der Waals surface area contributed by atoms with Crippen LogP contribution in [0, 0.1) is 0 Å². The van der Waals surface area contributed by atoms with Crippen LogP contribution in [-0.2, 0) is 0 Å². The van der Waals surface area contributed by atoms with Crippen molar-refractivity contribution in [1.82, 2.24) is 16.0 Å². The Morgan fingerprint density at radius 3 is 2.56 bits per heavy atom. The van der Waals surface area contributed by atoms with E-state index in [-0.39, 0.29) is 11.5 Å². The summed E-state index contributed by atoms with van der Waals surface area (Å²) in [5, 5.41) is 11.4. The predicted octanol–water partition coefficient (Wildman–Crippen LogP) is 4.07. The molecule has 0 spiro atoms. The number of alkyl halides is 3. The van der Waals surface area contributed by atoms with Crippen LogP contribution in [0.25, 0.3) is 0 Å². The van der Waals surface area contributed by atoms with Gasteiger partial charge in [-0.3, -0.25) is 19.9 Å². The van der Waals surface area contributed by atoms with Crippen LogP contribution < -0.4 is 21.3 Å². The highest BCUT2D eigenvalue weighted by molar-refractivity contribution is 6.06. The van der Waals surface area contributed by atoms with Crippen LogP contribution in [0.1, 0.15) is 57.9 Å². The van der Waals surface area contributed by atoms with Crippen LogP contribution in [0.4, 0.5) is 24.5 Å². The Morgan fingerprint density at radius 1 is 1.06 bits per heavy atom. The summed E-state index contributed by atoms with van der Waals surface area (Å²) < 4.78 is 37.3. The fraction of sp³-hybridized carbons (Fsp3) is 0.375. The van der Waals surface area contributed by atoms with E-state index in [9.17, 15) is 22.8 Å². The topological polar surface area (TPSA) is 94.6 Å². The molecule has 4 N–H and O–H groups in total. The second-order valence-electron chi connectivity index (χ2n) is 8.33. The van der Waals surface area contributed by atoms with Crippen molar-refractivity contribution in [1.29, 1.82) is 0 Å². The minimum Gasteiger partial charge on any atom is -0.356 e. The van der Waals surface area contributed by atoms with Crippen LogP contribution >= 0.6 is 0 Å². The highest BCUT2D eigenvalue weighted by Crippen LogP contribution is 2.44. The molecule has 2 aromatic rings. The number of hydrogen-bond acceptors (Lipinski definition) is 5. The summed E-state index contributed by atoms with van der Waals surface area (Å²) in [4.78, 5) is 29.5. The van der Waals surface area contributed by atoms with E-state index in [1.54, 1.807) is 36.4 Å². The molecule has 10 heteroatoms. The number of nitrogens with one attached hydrogen (secondary N) is 4. The van der Waals surface area contributed by atoms with Gasteiger partial charge in [0.1, 0.15) is 0 Å². The summed E-state index contributed by atoms with van der Waals surface area (Å²) in [6.07, 6.45) is -2.52. The molecule has 2 aliphatic rings. The maximum Gasteiger partial charge on any atom is 0.390 e. The number of carbonyl (C=O) groups is 2. The van der Waals surface area contributed by atoms with Gasteiger partial charge in [0.2, 0.25) is 0 Å². The number of guanidine groups is 1. The number of benzene rings is 2. The van der Waals surface area contributed by atoms with Crippen LogP contribution in [0.2, 0.25) is 0 Å². The zero-order valence-corrected chi connectivity index (χ0v) is 18.5. The molecule has 0 saturated heterocycles. The predicted molar refractivity (Wildman–Crippen MR) is 124 cm³/mol. The van der Waals surface area contributed by atoms with Crippen molar-refractivity contribution in [3.63, 3.8) is 0 Å². The van der Waals surface area contributed by atoms with E-state index in [0.29, 0.717) is 29.7 Å². The molecule has 0 bridgehead atoms. The Balaban J connectivity index is 1.50. The molecule has 1 aliphatic heterocycles. The van der Waals surface area contributed by atoms with E-state index in [4.69, 9.17) is 0 Å². The van der Waals surface area contributed by atoms with Crippen LogP contribution in [0.5, 0.6) is 0 Å². The standard InChI is InChI=1S/C24H26F3N5O2/c25-24(26,27)10-13-28-22(34)17-4-1-2-5-19(17)31-20-9-8-16(14-18(20)15-6-7-15)21(33)32-23-29-11-3-12-30-23/h1-2,4-5,8-9,14-15,31H,3,6-7,10-13H2,(H,28,34)(H2,29,30,32,33). The van der Waals surface area contributed by atoms with Crippen molar-refractivity contribution in [3.05, 3.63) is 59.2 Å². The van der Waals surface area contributed by atoms with Gasteiger partial charge < -0.3 is 16.0 Å². The maximum atomic E-state index is 12.7. The van der Waals surface area contributed by atoms with Gasteiger partial charge in [0.25, 0.3) is 11.8 Å². The average molecular weight is 473 g/mol. The molecular weight excluding hydrogens is 447 g/mol. The third-order valence-electron chi connectivity index (χ3n) is 5.60.